The van der Waals surface area contributed by atoms with Gasteiger partial charge in [-0.3, -0.25) is 9.59 Å². The molecule has 2 rings (SSSR count). The van der Waals surface area contributed by atoms with Crippen molar-refractivity contribution >= 4 is 23.9 Å². The number of amides is 2. The van der Waals surface area contributed by atoms with E-state index in [9.17, 15) is 14.4 Å². The fourth-order valence-electron chi connectivity index (χ4n) is 3.33. The third-order valence-electron chi connectivity index (χ3n) is 5.14. The molecule has 0 N–H and O–H groups in total. The minimum Gasteiger partial charge on any atom is -0.467 e. The first-order valence-electron chi connectivity index (χ1n) is 9.92. The lowest BCUT2D eigenvalue weighted by Gasteiger charge is -2.34. The molecule has 1 saturated heterocycles. The Morgan fingerprint density at radius 1 is 1.21 bits per heavy atom. The number of benzene rings is 1. The molecule has 0 radical (unpaired) electrons. The summed E-state index contributed by atoms with van der Waals surface area (Å²) in [7, 11) is 2.90. The molecule has 7 nitrogen and oxygen atoms in total. The quantitative estimate of drug-likeness (QED) is 0.491. The van der Waals surface area contributed by atoms with Crippen LogP contribution in [-0.2, 0) is 23.9 Å². The molecule has 2 amide bonds. The van der Waals surface area contributed by atoms with Crippen molar-refractivity contribution in [2.24, 2.45) is 5.92 Å². The van der Waals surface area contributed by atoms with Crippen molar-refractivity contribution in [3.05, 3.63) is 42.0 Å². The van der Waals surface area contributed by atoms with Crippen molar-refractivity contribution in [2.75, 3.05) is 40.5 Å². The van der Waals surface area contributed by atoms with E-state index in [0.717, 1.165) is 5.56 Å². The third kappa shape index (κ3) is 6.42. The van der Waals surface area contributed by atoms with Crippen LogP contribution in [0.25, 0.3) is 6.08 Å². The van der Waals surface area contributed by atoms with Gasteiger partial charge in [-0.25, -0.2) is 4.79 Å². The van der Waals surface area contributed by atoms with Crippen LogP contribution in [0.15, 0.2) is 36.4 Å². The number of nitrogens with zero attached hydrogens (tertiary/aromatic N) is 2. The van der Waals surface area contributed by atoms with Crippen molar-refractivity contribution in [1.82, 2.24) is 9.80 Å². The van der Waals surface area contributed by atoms with Crippen LogP contribution in [0.5, 0.6) is 0 Å². The maximum Gasteiger partial charge on any atom is 0.330 e. The number of carbonyl (C=O) groups is 3. The summed E-state index contributed by atoms with van der Waals surface area (Å²) in [4.78, 5) is 40.4. The highest BCUT2D eigenvalue weighted by Crippen LogP contribution is 2.21. The summed E-state index contributed by atoms with van der Waals surface area (Å²) in [6.07, 6.45) is 4.49. The van der Waals surface area contributed by atoms with Crippen molar-refractivity contribution in [2.45, 2.75) is 25.8 Å². The Bertz CT molecular complexity index is 711. The standard InChI is InChI=1S/C22H30N2O5/c1-4-29-16-19(22(27)28-3)23(2)21(26)18-12-14-24(15-13-18)20(25)11-10-17-8-6-5-7-9-17/h5-11,18-19H,4,12-16H2,1-3H3. The summed E-state index contributed by atoms with van der Waals surface area (Å²) in [6.45, 7) is 3.40. The molecule has 1 unspecified atom stereocenters. The molecule has 1 fully saturated rings. The van der Waals surface area contributed by atoms with Gasteiger partial charge in [0.1, 0.15) is 0 Å². The van der Waals surface area contributed by atoms with Crippen molar-refractivity contribution < 1.29 is 23.9 Å². The van der Waals surface area contributed by atoms with Crippen LogP contribution < -0.4 is 0 Å². The van der Waals surface area contributed by atoms with E-state index in [1.165, 1.54) is 12.0 Å². The number of methoxy groups -OCH3 is 1. The van der Waals surface area contributed by atoms with E-state index in [1.54, 1.807) is 24.1 Å². The Labute approximate surface area is 172 Å². The van der Waals surface area contributed by atoms with Gasteiger partial charge in [-0.2, -0.15) is 0 Å². The Morgan fingerprint density at radius 3 is 2.45 bits per heavy atom. The van der Waals surface area contributed by atoms with Gasteiger partial charge in [0.25, 0.3) is 0 Å². The fourth-order valence-corrected chi connectivity index (χ4v) is 3.33. The van der Waals surface area contributed by atoms with Gasteiger partial charge in [0, 0.05) is 38.7 Å². The minimum absolute atomic E-state index is 0.0584. The minimum atomic E-state index is -0.763. The van der Waals surface area contributed by atoms with Crippen molar-refractivity contribution in [3.63, 3.8) is 0 Å². The molecule has 0 spiro atoms. The first-order chi connectivity index (χ1) is 14.0. The Balaban J connectivity index is 1.89. The van der Waals surface area contributed by atoms with Gasteiger partial charge in [0.2, 0.25) is 11.8 Å². The van der Waals surface area contributed by atoms with Crippen molar-refractivity contribution in [3.8, 4) is 0 Å². The van der Waals surface area contributed by atoms with E-state index < -0.39 is 12.0 Å². The summed E-state index contributed by atoms with van der Waals surface area (Å²) in [5.41, 5.74) is 0.968. The highest BCUT2D eigenvalue weighted by Gasteiger charge is 2.34. The van der Waals surface area contributed by atoms with E-state index in [1.807, 2.05) is 37.3 Å². The first-order valence-corrected chi connectivity index (χ1v) is 9.92. The average molecular weight is 402 g/mol. The first kappa shape index (κ1) is 22.6. The van der Waals surface area contributed by atoms with Crippen LogP contribution in [0.4, 0.5) is 0 Å². The van der Waals surface area contributed by atoms with Gasteiger partial charge in [0.15, 0.2) is 6.04 Å². The van der Waals surface area contributed by atoms with Gasteiger partial charge >= 0.3 is 5.97 Å². The SMILES string of the molecule is CCOCC(C(=O)OC)N(C)C(=O)C1CCN(C(=O)C=Cc2ccccc2)CC1. The van der Waals surface area contributed by atoms with Gasteiger partial charge in [-0.1, -0.05) is 30.3 Å². The van der Waals surface area contributed by atoms with E-state index in [4.69, 9.17) is 9.47 Å². The second kappa shape index (κ2) is 11.4. The molecule has 1 atom stereocenters. The van der Waals surface area contributed by atoms with Crippen LogP contribution in [0.1, 0.15) is 25.3 Å². The number of likely N-dealkylation sites (tertiary alicyclic amines) is 1. The fraction of sp³-hybridized carbons (Fsp3) is 0.500. The van der Waals surface area contributed by atoms with Crippen LogP contribution in [0.3, 0.4) is 0 Å². The summed E-state index contributed by atoms with van der Waals surface area (Å²) >= 11 is 0. The number of esters is 1. The third-order valence-corrected chi connectivity index (χ3v) is 5.14. The van der Waals surface area contributed by atoms with Gasteiger partial charge in [0.05, 0.1) is 13.7 Å². The molecular formula is C22H30N2O5. The Kier molecular flexibility index (Phi) is 8.86. The van der Waals surface area contributed by atoms with E-state index in [0.29, 0.717) is 32.5 Å². The lowest BCUT2D eigenvalue weighted by Crippen LogP contribution is -2.50. The lowest BCUT2D eigenvalue weighted by molar-refractivity contribution is -0.156. The molecule has 1 aliphatic rings. The molecule has 0 bridgehead atoms. The number of hydrogen-bond donors (Lipinski definition) is 0. The largest absolute Gasteiger partial charge is 0.467 e. The molecule has 0 aromatic heterocycles. The van der Waals surface area contributed by atoms with Crippen LogP contribution in [0.2, 0.25) is 0 Å². The molecule has 1 heterocycles. The Morgan fingerprint density at radius 2 is 1.86 bits per heavy atom. The summed E-state index contributed by atoms with van der Waals surface area (Å²) in [5.74, 6) is -0.896. The summed E-state index contributed by atoms with van der Waals surface area (Å²) < 4.78 is 10.1. The number of likely N-dealkylation sites (N-methyl/N-ethyl adjacent to an activating group) is 1. The zero-order valence-corrected chi connectivity index (χ0v) is 17.4. The topological polar surface area (TPSA) is 76.2 Å². The number of ether oxygens (including phenoxy) is 2. The molecule has 1 aromatic carbocycles. The molecular weight excluding hydrogens is 372 g/mol. The highest BCUT2D eigenvalue weighted by molar-refractivity contribution is 5.92. The lowest BCUT2D eigenvalue weighted by atomic mass is 9.94. The monoisotopic (exact) mass is 402 g/mol. The molecule has 29 heavy (non-hydrogen) atoms. The molecule has 0 aliphatic carbocycles. The summed E-state index contributed by atoms with van der Waals surface area (Å²) in [5, 5.41) is 0. The van der Waals surface area contributed by atoms with E-state index in [-0.39, 0.29) is 24.3 Å². The van der Waals surface area contributed by atoms with Crippen LogP contribution >= 0.6 is 0 Å². The van der Waals surface area contributed by atoms with E-state index >= 15 is 0 Å². The maximum atomic E-state index is 12.9. The number of piperidine rings is 1. The molecule has 158 valence electrons. The molecule has 7 heteroatoms. The normalized spacial score (nSPS) is 15.9. The zero-order valence-electron chi connectivity index (χ0n) is 17.4. The van der Waals surface area contributed by atoms with Gasteiger partial charge in [-0.15, -0.1) is 0 Å². The molecule has 1 aliphatic heterocycles. The predicted octanol–water partition coefficient (Wildman–Crippen LogP) is 1.97. The molecule has 1 aromatic rings. The molecule has 0 saturated carbocycles. The Hall–Kier alpha value is -2.67. The van der Waals surface area contributed by atoms with Gasteiger partial charge < -0.3 is 19.3 Å². The second-order valence-electron chi connectivity index (χ2n) is 6.99. The smallest absolute Gasteiger partial charge is 0.330 e. The van der Waals surface area contributed by atoms with Crippen LogP contribution in [-0.4, -0.2) is 74.1 Å². The predicted molar refractivity (Wildman–Crippen MR) is 110 cm³/mol. The second-order valence-corrected chi connectivity index (χ2v) is 6.99. The zero-order chi connectivity index (χ0) is 21.2. The van der Waals surface area contributed by atoms with Gasteiger partial charge in [-0.05, 0) is 31.4 Å². The van der Waals surface area contributed by atoms with E-state index in [2.05, 4.69) is 0 Å². The number of hydrogen-bond acceptors (Lipinski definition) is 5. The highest BCUT2D eigenvalue weighted by atomic mass is 16.5. The number of carbonyl (C=O) groups excluding carboxylic acids is 3. The summed E-state index contributed by atoms with van der Waals surface area (Å²) in [6, 6.07) is 8.88. The average Bonchev–Trinajstić information content (AvgIpc) is 2.77. The van der Waals surface area contributed by atoms with Crippen molar-refractivity contribution in [1.29, 1.82) is 0 Å². The maximum absolute atomic E-state index is 12.9. The van der Waals surface area contributed by atoms with Crippen LogP contribution in [0, 0.1) is 5.92 Å². The number of rotatable bonds is 8.